The molecule has 10 nitrogen and oxygen atoms in total. The zero-order valence-electron chi connectivity index (χ0n) is 20.6. The normalized spacial score (nSPS) is 10.9. The molecular weight excluding hydrogens is 448 g/mol. The fourth-order valence-electron chi connectivity index (χ4n) is 3.74. The molecule has 2 heterocycles. The van der Waals surface area contributed by atoms with Crippen molar-refractivity contribution in [3.8, 4) is 5.75 Å². The van der Waals surface area contributed by atoms with Gasteiger partial charge in [-0.2, -0.15) is 0 Å². The van der Waals surface area contributed by atoms with Gasteiger partial charge in [0, 0.05) is 38.1 Å². The summed E-state index contributed by atoms with van der Waals surface area (Å²) in [5, 5.41) is 0. The number of carbonyl (C=O) groups is 1. The number of benzene rings is 1. The smallest absolute Gasteiger partial charge is 0.330 e. The molecule has 0 saturated heterocycles. The van der Waals surface area contributed by atoms with Gasteiger partial charge < -0.3 is 19.9 Å². The first kappa shape index (κ1) is 25.8. The second-order valence-electron chi connectivity index (χ2n) is 8.43. The van der Waals surface area contributed by atoms with Crippen molar-refractivity contribution in [2.45, 2.75) is 59.1 Å². The summed E-state index contributed by atoms with van der Waals surface area (Å²) in [7, 11) is 1.89. The Morgan fingerprint density at radius 3 is 2.46 bits per heavy atom. The van der Waals surface area contributed by atoms with Gasteiger partial charge >= 0.3 is 5.69 Å². The van der Waals surface area contributed by atoms with Crippen molar-refractivity contribution in [3.63, 3.8) is 0 Å². The number of imidazole rings is 1. The van der Waals surface area contributed by atoms with Crippen LogP contribution in [0.4, 0.5) is 11.5 Å². The molecule has 10 heteroatoms. The first-order valence-electron chi connectivity index (χ1n) is 12.0. The molecule has 0 unspecified atom stereocenters. The molecule has 0 aliphatic carbocycles. The molecule has 0 bridgehead atoms. The summed E-state index contributed by atoms with van der Waals surface area (Å²) < 4.78 is 8.97. The van der Waals surface area contributed by atoms with Crippen molar-refractivity contribution in [1.82, 2.24) is 19.1 Å². The van der Waals surface area contributed by atoms with Gasteiger partial charge in [0.05, 0.1) is 0 Å². The molecule has 0 fully saturated rings. The molecule has 188 valence electrons. The van der Waals surface area contributed by atoms with Gasteiger partial charge in [-0.1, -0.05) is 33.1 Å². The number of nitrogens with two attached hydrogens (primary N) is 1. The number of nitrogens with one attached hydrogen (secondary N) is 1. The number of carbonyl (C=O) groups excluding carboxylic acids is 1. The third-order valence-electron chi connectivity index (χ3n) is 5.84. The molecule has 0 aliphatic rings. The average molecular weight is 483 g/mol. The van der Waals surface area contributed by atoms with Crippen LogP contribution >= 0.6 is 0 Å². The summed E-state index contributed by atoms with van der Waals surface area (Å²) in [6, 6.07) is 6.72. The molecule has 3 N–H and O–H groups in total. The Morgan fingerprint density at radius 2 is 1.83 bits per heavy atom. The lowest BCUT2D eigenvalue weighted by Crippen LogP contribution is -2.41. The van der Waals surface area contributed by atoms with Gasteiger partial charge in [-0.25, -0.2) is 9.78 Å². The molecular formula is C25H34N6O4. The van der Waals surface area contributed by atoms with E-state index < -0.39 is 11.2 Å². The number of aromatic nitrogens is 4. The Hall–Kier alpha value is -3.82. The first-order valence-corrected chi connectivity index (χ1v) is 12.0. The third-order valence-corrected chi connectivity index (χ3v) is 5.84. The molecule has 35 heavy (non-hydrogen) atoms. The fraction of sp³-hybridized carbons (Fsp3) is 0.440. The zero-order valence-corrected chi connectivity index (χ0v) is 20.6. The fourth-order valence-corrected chi connectivity index (χ4v) is 3.74. The van der Waals surface area contributed by atoms with Crippen molar-refractivity contribution in [2.24, 2.45) is 7.05 Å². The van der Waals surface area contributed by atoms with Gasteiger partial charge in [-0.15, -0.1) is 0 Å². The number of anilines is 2. The number of nitrogen functional groups attached to an aromatic ring is 1. The highest BCUT2D eigenvalue weighted by molar-refractivity contribution is 6.07. The van der Waals surface area contributed by atoms with Gasteiger partial charge in [-0.3, -0.25) is 19.1 Å². The van der Waals surface area contributed by atoms with Crippen molar-refractivity contribution < 1.29 is 9.53 Å². The number of H-pyrrole nitrogens is 1. The maximum atomic E-state index is 13.5. The minimum Gasteiger partial charge on any atom is -0.486 e. The molecule has 0 atom stereocenters. The summed E-state index contributed by atoms with van der Waals surface area (Å²) in [6.45, 7) is 5.03. The summed E-state index contributed by atoms with van der Waals surface area (Å²) in [6.07, 6.45) is 7.65. The largest absolute Gasteiger partial charge is 0.486 e. The van der Waals surface area contributed by atoms with E-state index in [9.17, 15) is 14.4 Å². The standard InChI is InChI=1S/C25H34N6O4/c1-4-6-8-15-30(21-22(26)31(14-7-5-2)25(34)28-23(21)32)24(33)18-9-11-19(12-10-18)35-17-20-27-13-16-29(20)3/h9-13,16H,4-8,14-15,17,26H2,1-3H3,(H,28,32,34). The van der Waals surface area contributed by atoms with E-state index in [-0.39, 0.29) is 17.4 Å². The first-order chi connectivity index (χ1) is 16.9. The summed E-state index contributed by atoms with van der Waals surface area (Å²) >= 11 is 0. The van der Waals surface area contributed by atoms with Gasteiger partial charge in [0.2, 0.25) is 0 Å². The lowest BCUT2D eigenvalue weighted by molar-refractivity contribution is 0.0986. The van der Waals surface area contributed by atoms with E-state index in [1.807, 2.05) is 24.7 Å². The summed E-state index contributed by atoms with van der Waals surface area (Å²) in [5.74, 6) is 1.01. The van der Waals surface area contributed by atoms with E-state index in [2.05, 4.69) is 16.9 Å². The second kappa shape index (κ2) is 12.0. The van der Waals surface area contributed by atoms with Gasteiger partial charge in [0.1, 0.15) is 24.0 Å². The Morgan fingerprint density at radius 1 is 1.11 bits per heavy atom. The highest BCUT2D eigenvalue weighted by Crippen LogP contribution is 2.22. The minimum atomic E-state index is -0.667. The number of aryl methyl sites for hydroxylation is 1. The van der Waals surface area contributed by atoms with E-state index in [1.54, 1.807) is 30.5 Å². The second-order valence-corrected chi connectivity index (χ2v) is 8.43. The van der Waals surface area contributed by atoms with Crippen LogP contribution < -0.4 is 26.6 Å². The highest BCUT2D eigenvalue weighted by Gasteiger charge is 2.25. The molecule has 0 spiro atoms. The molecule has 1 aromatic carbocycles. The van der Waals surface area contributed by atoms with Gasteiger partial charge in [-0.05, 0) is 37.1 Å². The van der Waals surface area contributed by atoms with Gasteiger partial charge in [0.25, 0.3) is 11.5 Å². The minimum absolute atomic E-state index is 0.00655. The number of ether oxygens (including phenoxy) is 1. The number of aromatic amines is 1. The Labute approximate surface area is 204 Å². The molecule has 0 aliphatic heterocycles. The van der Waals surface area contributed by atoms with E-state index >= 15 is 0 Å². The van der Waals surface area contributed by atoms with Crippen molar-refractivity contribution in [1.29, 1.82) is 0 Å². The number of nitrogens with zero attached hydrogens (tertiary/aromatic N) is 4. The maximum absolute atomic E-state index is 13.5. The van der Waals surface area contributed by atoms with Crippen molar-refractivity contribution in [3.05, 3.63) is 68.9 Å². The molecule has 3 rings (SSSR count). The monoisotopic (exact) mass is 482 g/mol. The van der Waals surface area contributed by atoms with E-state index in [0.717, 1.165) is 31.5 Å². The number of hydrogen-bond donors (Lipinski definition) is 2. The number of unbranched alkanes of at least 4 members (excludes halogenated alkanes) is 3. The van der Waals surface area contributed by atoms with E-state index in [0.29, 0.717) is 37.4 Å². The zero-order chi connectivity index (χ0) is 25.4. The SMILES string of the molecule is CCCCCN(C(=O)c1ccc(OCc2nccn2C)cc1)c1c(N)n(CCCC)c(=O)[nH]c1=O. The predicted molar refractivity (Wildman–Crippen MR) is 136 cm³/mol. The predicted octanol–water partition coefficient (Wildman–Crippen LogP) is 3.07. The third kappa shape index (κ3) is 6.20. The Kier molecular flexibility index (Phi) is 8.88. The lowest BCUT2D eigenvalue weighted by Gasteiger charge is -2.24. The van der Waals surface area contributed by atoms with Crippen LogP contribution in [0.1, 0.15) is 62.1 Å². The highest BCUT2D eigenvalue weighted by atomic mass is 16.5. The number of hydrogen-bond acceptors (Lipinski definition) is 6. The van der Waals surface area contributed by atoms with Crippen molar-refractivity contribution >= 4 is 17.4 Å². The van der Waals surface area contributed by atoms with Crippen LogP contribution in [0.25, 0.3) is 0 Å². The molecule has 1 amide bonds. The maximum Gasteiger partial charge on any atom is 0.330 e. The van der Waals surface area contributed by atoms with Crippen LogP contribution in [0.2, 0.25) is 0 Å². The van der Waals surface area contributed by atoms with Crippen molar-refractivity contribution in [2.75, 3.05) is 17.2 Å². The summed E-state index contributed by atoms with van der Waals surface area (Å²) in [4.78, 5) is 46.6. The lowest BCUT2D eigenvalue weighted by atomic mass is 10.1. The van der Waals surface area contributed by atoms with Crippen LogP contribution in [-0.4, -0.2) is 31.6 Å². The van der Waals surface area contributed by atoms with Crippen LogP contribution in [0.5, 0.6) is 5.75 Å². The number of rotatable bonds is 12. The molecule has 2 aromatic heterocycles. The van der Waals surface area contributed by atoms with Crippen LogP contribution in [0, 0.1) is 0 Å². The summed E-state index contributed by atoms with van der Waals surface area (Å²) in [5.41, 5.74) is 5.45. The average Bonchev–Trinajstić information content (AvgIpc) is 3.26. The topological polar surface area (TPSA) is 128 Å². The Balaban J connectivity index is 1.88. The molecule has 0 radical (unpaired) electrons. The quantitative estimate of drug-likeness (QED) is 0.382. The van der Waals surface area contributed by atoms with E-state index in [1.165, 1.54) is 9.47 Å². The number of amides is 1. The van der Waals surface area contributed by atoms with Crippen LogP contribution in [-0.2, 0) is 20.2 Å². The Bertz CT molecular complexity index is 1240. The van der Waals surface area contributed by atoms with Crippen LogP contribution in [0.15, 0.2) is 46.2 Å². The van der Waals surface area contributed by atoms with Gasteiger partial charge in [0.15, 0.2) is 5.69 Å². The molecule has 3 aromatic rings. The van der Waals surface area contributed by atoms with E-state index in [4.69, 9.17) is 10.5 Å². The van der Waals surface area contributed by atoms with Crippen LogP contribution in [0.3, 0.4) is 0 Å². The molecule has 0 saturated carbocycles.